The molecule has 2 N–H and O–H groups in total. The van der Waals surface area contributed by atoms with Gasteiger partial charge in [-0.3, -0.25) is 0 Å². The number of anilines is 1. The van der Waals surface area contributed by atoms with Crippen LogP contribution in [0.15, 0.2) is 18.2 Å². The predicted molar refractivity (Wildman–Crippen MR) is 72.4 cm³/mol. The van der Waals surface area contributed by atoms with Crippen LogP contribution < -0.4 is 5.32 Å². The van der Waals surface area contributed by atoms with E-state index >= 15 is 0 Å². The lowest BCUT2D eigenvalue weighted by Crippen LogP contribution is -2.36. The molecule has 2 rings (SSSR count). The number of aliphatic hydroxyl groups excluding tert-OH is 1. The van der Waals surface area contributed by atoms with Crippen LogP contribution in [-0.4, -0.2) is 17.3 Å². The molecule has 17 heavy (non-hydrogen) atoms. The number of hydrogen-bond acceptors (Lipinski definition) is 2. The average molecular weight is 233 g/mol. The van der Waals surface area contributed by atoms with E-state index in [-0.39, 0.29) is 12.1 Å². The Labute approximate surface area is 104 Å². The van der Waals surface area contributed by atoms with Crippen LogP contribution in [0.5, 0.6) is 0 Å². The van der Waals surface area contributed by atoms with Crippen molar-refractivity contribution in [2.75, 3.05) is 5.32 Å². The Kier molecular flexibility index (Phi) is 4.06. The zero-order chi connectivity index (χ0) is 12.3. The highest BCUT2D eigenvalue weighted by Crippen LogP contribution is 2.23. The van der Waals surface area contributed by atoms with E-state index in [9.17, 15) is 5.11 Å². The third-order valence-corrected chi connectivity index (χ3v) is 3.81. The smallest absolute Gasteiger partial charge is 0.0741 e. The first-order valence-electron chi connectivity index (χ1n) is 6.75. The standard InChI is InChI=1S/C15H23NO/c1-3-12-10-13(9-8-11(12)2)16-14-6-4-5-7-15(14)17/h8-10,14-17H,3-7H2,1-2H3/t14-,15-/m0/s1. The van der Waals surface area contributed by atoms with Gasteiger partial charge in [-0.05, 0) is 49.4 Å². The van der Waals surface area contributed by atoms with Crippen molar-refractivity contribution in [1.29, 1.82) is 0 Å². The number of hydrogen-bond donors (Lipinski definition) is 2. The summed E-state index contributed by atoms with van der Waals surface area (Å²) in [6.07, 6.45) is 5.28. The first kappa shape index (κ1) is 12.4. The summed E-state index contributed by atoms with van der Waals surface area (Å²) in [4.78, 5) is 0. The van der Waals surface area contributed by atoms with Gasteiger partial charge in [0.2, 0.25) is 0 Å². The fourth-order valence-corrected chi connectivity index (χ4v) is 2.64. The van der Waals surface area contributed by atoms with E-state index < -0.39 is 0 Å². The number of benzene rings is 1. The Morgan fingerprint density at radius 1 is 1.29 bits per heavy atom. The minimum Gasteiger partial charge on any atom is -0.391 e. The van der Waals surface area contributed by atoms with Crippen LogP contribution in [0, 0.1) is 6.92 Å². The molecular weight excluding hydrogens is 210 g/mol. The molecule has 0 unspecified atom stereocenters. The molecule has 0 radical (unpaired) electrons. The van der Waals surface area contributed by atoms with Gasteiger partial charge in [0.05, 0.1) is 12.1 Å². The van der Waals surface area contributed by atoms with E-state index in [1.165, 1.54) is 17.5 Å². The summed E-state index contributed by atoms with van der Waals surface area (Å²) in [5.74, 6) is 0. The monoisotopic (exact) mass is 233 g/mol. The van der Waals surface area contributed by atoms with Crippen molar-refractivity contribution < 1.29 is 5.11 Å². The lowest BCUT2D eigenvalue weighted by Gasteiger charge is -2.29. The summed E-state index contributed by atoms with van der Waals surface area (Å²) >= 11 is 0. The van der Waals surface area contributed by atoms with E-state index in [2.05, 4.69) is 37.4 Å². The maximum atomic E-state index is 9.95. The van der Waals surface area contributed by atoms with Gasteiger partial charge < -0.3 is 10.4 Å². The third-order valence-electron chi connectivity index (χ3n) is 3.81. The summed E-state index contributed by atoms with van der Waals surface area (Å²) < 4.78 is 0. The zero-order valence-electron chi connectivity index (χ0n) is 10.9. The maximum Gasteiger partial charge on any atom is 0.0741 e. The summed E-state index contributed by atoms with van der Waals surface area (Å²) in [5.41, 5.74) is 3.89. The van der Waals surface area contributed by atoms with Gasteiger partial charge in [0.1, 0.15) is 0 Å². The summed E-state index contributed by atoms with van der Waals surface area (Å²) in [6, 6.07) is 6.74. The Hall–Kier alpha value is -1.02. The summed E-state index contributed by atoms with van der Waals surface area (Å²) in [5, 5.41) is 13.4. The van der Waals surface area contributed by atoms with E-state index in [0.717, 1.165) is 31.4 Å². The second-order valence-electron chi connectivity index (χ2n) is 5.10. The molecule has 1 aromatic carbocycles. The fourth-order valence-electron chi connectivity index (χ4n) is 2.64. The molecule has 0 bridgehead atoms. The lowest BCUT2D eigenvalue weighted by atomic mass is 9.92. The van der Waals surface area contributed by atoms with Crippen molar-refractivity contribution in [1.82, 2.24) is 0 Å². The molecule has 0 aromatic heterocycles. The molecule has 0 saturated heterocycles. The molecule has 1 aromatic rings. The van der Waals surface area contributed by atoms with Gasteiger partial charge in [0.15, 0.2) is 0 Å². The third kappa shape index (κ3) is 3.01. The fraction of sp³-hybridized carbons (Fsp3) is 0.600. The van der Waals surface area contributed by atoms with Crippen LogP contribution in [-0.2, 0) is 6.42 Å². The molecule has 0 spiro atoms. The number of aryl methyl sites for hydroxylation is 2. The Bertz CT molecular complexity index is 375. The second kappa shape index (κ2) is 5.54. The van der Waals surface area contributed by atoms with Crippen LogP contribution in [0.2, 0.25) is 0 Å². The van der Waals surface area contributed by atoms with Gasteiger partial charge in [-0.1, -0.05) is 25.8 Å². The first-order chi connectivity index (χ1) is 8.20. The van der Waals surface area contributed by atoms with Crippen LogP contribution in [0.25, 0.3) is 0 Å². The van der Waals surface area contributed by atoms with Crippen molar-refractivity contribution in [3.8, 4) is 0 Å². The highest BCUT2D eigenvalue weighted by molar-refractivity contribution is 5.49. The molecule has 0 aliphatic heterocycles. The summed E-state index contributed by atoms with van der Waals surface area (Å²) in [7, 11) is 0. The second-order valence-corrected chi connectivity index (χ2v) is 5.10. The van der Waals surface area contributed by atoms with Crippen molar-refractivity contribution in [2.24, 2.45) is 0 Å². The Morgan fingerprint density at radius 3 is 2.76 bits per heavy atom. The topological polar surface area (TPSA) is 32.3 Å². The minimum absolute atomic E-state index is 0.185. The van der Waals surface area contributed by atoms with E-state index in [0.29, 0.717) is 0 Å². The zero-order valence-corrected chi connectivity index (χ0v) is 10.9. The molecule has 1 aliphatic rings. The molecule has 2 heteroatoms. The highest BCUT2D eigenvalue weighted by atomic mass is 16.3. The molecule has 1 aliphatic carbocycles. The molecule has 2 atom stereocenters. The average Bonchev–Trinajstić information content (AvgIpc) is 2.34. The summed E-state index contributed by atoms with van der Waals surface area (Å²) in [6.45, 7) is 4.33. The van der Waals surface area contributed by atoms with Gasteiger partial charge >= 0.3 is 0 Å². The molecule has 1 saturated carbocycles. The quantitative estimate of drug-likeness (QED) is 0.839. The molecule has 2 nitrogen and oxygen atoms in total. The van der Waals surface area contributed by atoms with Gasteiger partial charge in [-0.25, -0.2) is 0 Å². The lowest BCUT2D eigenvalue weighted by molar-refractivity contribution is 0.116. The van der Waals surface area contributed by atoms with E-state index in [4.69, 9.17) is 0 Å². The highest BCUT2D eigenvalue weighted by Gasteiger charge is 2.22. The number of rotatable bonds is 3. The predicted octanol–water partition coefficient (Wildman–Crippen LogP) is 3.27. The van der Waals surface area contributed by atoms with Crippen LogP contribution in [0.1, 0.15) is 43.7 Å². The molecule has 0 heterocycles. The molecule has 0 amide bonds. The number of nitrogens with one attached hydrogen (secondary N) is 1. The van der Waals surface area contributed by atoms with E-state index in [1.807, 2.05) is 0 Å². The van der Waals surface area contributed by atoms with Crippen LogP contribution in [0.3, 0.4) is 0 Å². The minimum atomic E-state index is -0.185. The number of aliphatic hydroxyl groups is 1. The molecular formula is C15H23NO. The van der Waals surface area contributed by atoms with Crippen LogP contribution in [0.4, 0.5) is 5.69 Å². The van der Waals surface area contributed by atoms with Gasteiger partial charge in [0.25, 0.3) is 0 Å². The Balaban J connectivity index is 2.07. The van der Waals surface area contributed by atoms with Gasteiger partial charge in [0, 0.05) is 5.69 Å². The largest absolute Gasteiger partial charge is 0.391 e. The van der Waals surface area contributed by atoms with Crippen molar-refractivity contribution in [3.05, 3.63) is 29.3 Å². The van der Waals surface area contributed by atoms with Crippen molar-refractivity contribution in [3.63, 3.8) is 0 Å². The van der Waals surface area contributed by atoms with Crippen LogP contribution >= 0.6 is 0 Å². The SMILES string of the molecule is CCc1cc(N[C@H]2CCCC[C@@H]2O)ccc1C. The molecule has 94 valence electrons. The van der Waals surface area contributed by atoms with Crippen molar-refractivity contribution >= 4 is 5.69 Å². The normalized spacial score (nSPS) is 24.6. The van der Waals surface area contributed by atoms with E-state index in [1.54, 1.807) is 0 Å². The van der Waals surface area contributed by atoms with Gasteiger partial charge in [-0.2, -0.15) is 0 Å². The van der Waals surface area contributed by atoms with Gasteiger partial charge in [-0.15, -0.1) is 0 Å². The first-order valence-corrected chi connectivity index (χ1v) is 6.75. The Morgan fingerprint density at radius 2 is 2.06 bits per heavy atom. The molecule has 1 fully saturated rings. The van der Waals surface area contributed by atoms with Crippen molar-refractivity contribution in [2.45, 2.75) is 58.1 Å². The maximum absolute atomic E-state index is 9.95.